The lowest BCUT2D eigenvalue weighted by molar-refractivity contribution is 0.263. The second kappa shape index (κ2) is 10.8. The number of benzene rings is 5. The summed E-state index contributed by atoms with van der Waals surface area (Å²) in [6, 6.07) is 35.1. The molecule has 2 atom stereocenters. The van der Waals surface area contributed by atoms with Gasteiger partial charge >= 0.3 is 0 Å². The third kappa shape index (κ3) is 4.71. The Kier molecular flexibility index (Phi) is 6.62. The van der Waals surface area contributed by atoms with Gasteiger partial charge in [-0.1, -0.05) is 86.0 Å². The van der Waals surface area contributed by atoms with Gasteiger partial charge in [-0.05, 0) is 97.8 Å². The van der Waals surface area contributed by atoms with Crippen LogP contribution in [0.5, 0.6) is 11.5 Å². The standard InChI is InChI=1S/C40H34O4/c1-3-26-17-31-7-5-6-8-39(31)40(38(26)4-2,32-13-9-29-20-34(15-11-27(29)18-32)41-22-36-24-43-36)33-14-10-30-21-35(16-12-28(30)19-33)42-23-37-25-44-37/h3-16,18-21,36-37H,1-2,17,22-25H2. The zero-order chi connectivity index (χ0) is 29.7. The summed E-state index contributed by atoms with van der Waals surface area (Å²) < 4.78 is 22.6. The summed E-state index contributed by atoms with van der Waals surface area (Å²) in [5.74, 6) is 1.73. The Morgan fingerprint density at radius 2 is 1.18 bits per heavy atom. The van der Waals surface area contributed by atoms with Crippen LogP contribution in [0.1, 0.15) is 22.3 Å². The fourth-order valence-corrected chi connectivity index (χ4v) is 6.78. The SMILES string of the molecule is C=CC1=C(C=C)C(c2ccc3cc(OCC4CO4)ccc3c2)(c2ccc3cc(OCC4CO4)ccc3c2)c2ccccc2C1. The van der Waals surface area contributed by atoms with Crippen molar-refractivity contribution in [3.05, 3.63) is 156 Å². The first-order valence-electron chi connectivity index (χ1n) is 15.3. The Balaban J connectivity index is 1.31. The minimum atomic E-state index is -0.584. The van der Waals surface area contributed by atoms with Gasteiger partial charge in [0.1, 0.15) is 36.9 Å². The lowest BCUT2D eigenvalue weighted by atomic mass is 9.59. The van der Waals surface area contributed by atoms with E-state index in [4.69, 9.17) is 18.9 Å². The highest BCUT2D eigenvalue weighted by atomic mass is 16.6. The Labute approximate surface area is 257 Å². The van der Waals surface area contributed by atoms with Gasteiger partial charge in [0.2, 0.25) is 0 Å². The summed E-state index contributed by atoms with van der Waals surface area (Å²) in [7, 11) is 0. The Bertz CT molecular complexity index is 1860. The van der Waals surface area contributed by atoms with Crippen molar-refractivity contribution in [1.29, 1.82) is 0 Å². The third-order valence-corrected chi connectivity index (χ3v) is 9.17. The zero-order valence-corrected chi connectivity index (χ0v) is 24.6. The molecule has 0 spiro atoms. The summed E-state index contributed by atoms with van der Waals surface area (Å²) in [5, 5.41) is 4.59. The number of ether oxygens (including phenoxy) is 4. The summed E-state index contributed by atoms with van der Waals surface area (Å²) >= 11 is 0. The van der Waals surface area contributed by atoms with Crippen molar-refractivity contribution in [3.63, 3.8) is 0 Å². The average Bonchev–Trinajstić information content (AvgIpc) is 4.01. The van der Waals surface area contributed by atoms with Crippen LogP contribution in [0.2, 0.25) is 0 Å². The molecule has 2 unspecified atom stereocenters. The van der Waals surface area contributed by atoms with E-state index in [9.17, 15) is 0 Å². The molecule has 3 aliphatic rings. The predicted octanol–water partition coefficient (Wildman–Crippen LogP) is 8.11. The van der Waals surface area contributed by atoms with Crippen molar-refractivity contribution >= 4 is 21.5 Å². The highest BCUT2D eigenvalue weighted by Crippen LogP contribution is 2.52. The van der Waals surface area contributed by atoms with E-state index < -0.39 is 5.41 Å². The molecule has 0 aromatic heterocycles. The number of rotatable bonds is 10. The van der Waals surface area contributed by atoms with Gasteiger partial charge < -0.3 is 18.9 Å². The fraction of sp³-hybridized carbons (Fsp3) is 0.200. The molecule has 2 aliphatic heterocycles. The second-order valence-electron chi connectivity index (χ2n) is 11.9. The van der Waals surface area contributed by atoms with Gasteiger partial charge in [-0.15, -0.1) is 0 Å². The number of hydrogen-bond donors (Lipinski definition) is 0. The molecular formula is C40H34O4. The number of hydrogen-bond acceptors (Lipinski definition) is 4. The molecule has 4 nitrogen and oxygen atoms in total. The average molecular weight is 579 g/mol. The smallest absolute Gasteiger partial charge is 0.120 e. The summed E-state index contributed by atoms with van der Waals surface area (Å²) in [6.45, 7) is 11.4. The van der Waals surface area contributed by atoms with Crippen molar-refractivity contribution in [3.8, 4) is 11.5 Å². The highest BCUT2D eigenvalue weighted by Gasteiger charge is 2.44. The molecule has 0 saturated carbocycles. The monoisotopic (exact) mass is 578 g/mol. The predicted molar refractivity (Wildman–Crippen MR) is 176 cm³/mol. The topological polar surface area (TPSA) is 43.5 Å². The molecule has 2 saturated heterocycles. The molecule has 8 rings (SSSR count). The van der Waals surface area contributed by atoms with Gasteiger partial charge in [0.05, 0.1) is 18.6 Å². The van der Waals surface area contributed by atoms with Crippen molar-refractivity contribution in [2.75, 3.05) is 26.4 Å². The quantitative estimate of drug-likeness (QED) is 0.157. The fourth-order valence-electron chi connectivity index (χ4n) is 6.78. The first-order valence-corrected chi connectivity index (χ1v) is 15.3. The molecule has 0 N–H and O–H groups in total. The Hall–Kier alpha value is -4.64. The molecule has 218 valence electrons. The maximum atomic E-state index is 5.99. The van der Waals surface area contributed by atoms with Gasteiger partial charge in [-0.2, -0.15) is 0 Å². The maximum absolute atomic E-state index is 5.99. The van der Waals surface area contributed by atoms with Crippen LogP contribution in [-0.2, 0) is 21.3 Å². The molecule has 5 aromatic carbocycles. The Morgan fingerprint density at radius 3 is 1.70 bits per heavy atom. The molecule has 0 amide bonds. The van der Waals surface area contributed by atoms with Crippen molar-refractivity contribution in [2.45, 2.75) is 24.0 Å². The van der Waals surface area contributed by atoms with E-state index in [1.165, 1.54) is 33.4 Å². The minimum absolute atomic E-state index is 0.223. The summed E-state index contributed by atoms with van der Waals surface area (Å²) in [4.78, 5) is 0. The molecule has 44 heavy (non-hydrogen) atoms. The lowest BCUT2D eigenvalue weighted by Crippen LogP contribution is -2.36. The molecule has 5 aromatic rings. The summed E-state index contributed by atoms with van der Waals surface area (Å²) in [6.07, 6.45) is 5.31. The van der Waals surface area contributed by atoms with E-state index in [1.807, 2.05) is 12.2 Å². The second-order valence-corrected chi connectivity index (χ2v) is 11.9. The number of epoxide rings is 2. The van der Waals surface area contributed by atoms with E-state index in [2.05, 4.69) is 110 Å². The van der Waals surface area contributed by atoms with Crippen molar-refractivity contribution in [2.24, 2.45) is 0 Å². The number of fused-ring (bicyclic) bond motifs is 3. The van der Waals surface area contributed by atoms with Crippen molar-refractivity contribution < 1.29 is 18.9 Å². The van der Waals surface area contributed by atoms with E-state index in [0.29, 0.717) is 13.2 Å². The van der Waals surface area contributed by atoms with Gasteiger partial charge in [0.15, 0.2) is 0 Å². The molecule has 0 bridgehead atoms. The summed E-state index contributed by atoms with van der Waals surface area (Å²) in [5.41, 5.74) is 6.72. The van der Waals surface area contributed by atoms with Crippen LogP contribution >= 0.6 is 0 Å². The minimum Gasteiger partial charge on any atom is -0.491 e. The van der Waals surface area contributed by atoms with E-state index in [1.54, 1.807) is 0 Å². The van der Waals surface area contributed by atoms with Crippen LogP contribution in [-0.4, -0.2) is 38.6 Å². The van der Waals surface area contributed by atoms with Gasteiger partial charge in [-0.25, -0.2) is 0 Å². The lowest BCUT2D eigenvalue weighted by Gasteiger charge is -2.43. The molecule has 1 aliphatic carbocycles. The maximum Gasteiger partial charge on any atom is 0.120 e. The van der Waals surface area contributed by atoms with Crippen LogP contribution in [0.15, 0.2) is 134 Å². The van der Waals surface area contributed by atoms with E-state index in [0.717, 1.165) is 52.7 Å². The highest BCUT2D eigenvalue weighted by molar-refractivity contribution is 5.88. The van der Waals surface area contributed by atoms with Crippen LogP contribution in [0.25, 0.3) is 21.5 Å². The van der Waals surface area contributed by atoms with Crippen LogP contribution in [0.4, 0.5) is 0 Å². The molecule has 4 heteroatoms. The number of allylic oxidation sites excluding steroid dienone is 4. The molecule has 0 radical (unpaired) electrons. The van der Waals surface area contributed by atoms with Gasteiger partial charge in [-0.3, -0.25) is 0 Å². The van der Waals surface area contributed by atoms with Crippen LogP contribution in [0.3, 0.4) is 0 Å². The zero-order valence-electron chi connectivity index (χ0n) is 24.6. The van der Waals surface area contributed by atoms with Gasteiger partial charge in [0, 0.05) is 0 Å². The van der Waals surface area contributed by atoms with Crippen LogP contribution < -0.4 is 9.47 Å². The molecular weight excluding hydrogens is 544 g/mol. The van der Waals surface area contributed by atoms with Gasteiger partial charge in [0.25, 0.3) is 0 Å². The largest absolute Gasteiger partial charge is 0.491 e. The first-order chi connectivity index (χ1) is 21.6. The van der Waals surface area contributed by atoms with E-state index in [-0.39, 0.29) is 12.2 Å². The third-order valence-electron chi connectivity index (χ3n) is 9.17. The Morgan fingerprint density at radius 1 is 0.659 bits per heavy atom. The van der Waals surface area contributed by atoms with Crippen LogP contribution in [0, 0.1) is 0 Å². The van der Waals surface area contributed by atoms with Crippen molar-refractivity contribution in [1.82, 2.24) is 0 Å². The normalized spacial score (nSPS) is 22.0. The molecule has 2 fully saturated rings. The first kappa shape index (κ1) is 26.9. The van der Waals surface area contributed by atoms with E-state index >= 15 is 0 Å². The molecule has 2 heterocycles.